The van der Waals surface area contributed by atoms with E-state index >= 15 is 0 Å². The van der Waals surface area contributed by atoms with Gasteiger partial charge in [0.2, 0.25) is 0 Å². The second-order valence-electron chi connectivity index (χ2n) is 4.85. The van der Waals surface area contributed by atoms with Crippen LogP contribution in [0.25, 0.3) is 0 Å². The van der Waals surface area contributed by atoms with Gasteiger partial charge in [0.25, 0.3) is 0 Å². The quantitative estimate of drug-likeness (QED) is 0.608. The standard InChI is InChI=1S/C7H12O.C5H12O/c8-6-7-4-2-1-3-5-7;1-5(2,3)6-4/h6-7H,1-5H2;1-4H3. The van der Waals surface area contributed by atoms with E-state index < -0.39 is 0 Å². The molecule has 0 bridgehead atoms. The van der Waals surface area contributed by atoms with Gasteiger partial charge in [-0.15, -0.1) is 0 Å². The summed E-state index contributed by atoms with van der Waals surface area (Å²) in [6.45, 7) is 6.06. The van der Waals surface area contributed by atoms with E-state index in [1.165, 1.54) is 19.3 Å². The number of carbonyl (C=O) groups excluding carboxylic acids is 1. The highest BCUT2D eigenvalue weighted by Crippen LogP contribution is 2.21. The Balaban J connectivity index is 0.000000255. The Morgan fingerprint density at radius 1 is 1.14 bits per heavy atom. The maximum absolute atomic E-state index is 10.2. The van der Waals surface area contributed by atoms with Crippen LogP contribution in [0.5, 0.6) is 0 Å². The van der Waals surface area contributed by atoms with E-state index in [-0.39, 0.29) is 5.60 Å². The summed E-state index contributed by atoms with van der Waals surface area (Å²) in [4.78, 5) is 10.2. The van der Waals surface area contributed by atoms with Gasteiger partial charge < -0.3 is 9.53 Å². The minimum Gasteiger partial charge on any atom is -0.379 e. The van der Waals surface area contributed by atoms with Crippen molar-refractivity contribution in [3.8, 4) is 0 Å². The lowest BCUT2D eigenvalue weighted by molar-refractivity contribution is -0.111. The van der Waals surface area contributed by atoms with Crippen LogP contribution in [0, 0.1) is 5.92 Å². The molecule has 0 amide bonds. The summed E-state index contributed by atoms with van der Waals surface area (Å²) in [5.74, 6) is 0.406. The van der Waals surface area contributed by atoms with Crippen molar-refractivity contribution in [1.82, 2.24) is 0 Å². The smallest absolute Gasteiger partial charge is 0.123 e. The first kappa shape index (κ1) is 13.6. The first-order valence-corrected chi connectivity index (χ1v) is 5.50. The third-order valence-electron chi connectivity index (χ3n) is 2.45. The Bertz CT molecular complexity index is 141. The van der Waals surface area contributed by atoms with Crippen molar-refractivity contribution in [2.75, 3.05) is 7.11 Å². The maximum atomic E-state index is 10.2. The van der Waals surface area contributed by atoms with Crippen LogP contribution in [0.1, 0.15) is 52.9 Å². The molecule has 1 fully saturated rings. The molecule has 84 valence electrons. The van der Waals surface area contributed by atoms with Crippen LogP contribution >= 0.6 is 0 Å². The van der Waals surface area contributed by atoms with Gasteiger partial charge in [0.05, 0.1) is 5.60 Å². The molecule has 0 aromatic carbocycles. The van der Waals surface area contributed by atoms with Crippen LogP contribution < -0.4 is 0 Å². The van der Waals surface area contributed by atoms with Crippen molar-refractivity contribution in [3.63, 3.8) is 0 Å². The average Bonchev–Trinajstić information content (AvgIpc) is 2.19. The van der Waals surface area contributed by atoms with Crippen molar-refractivity contribution < 1.29 is 9.53 Å². The third-order valence-corrected chi connectivity index (χ3v) is 2.45. The van der Waals surface area contributed by atoms with Crippen molar-refractivity contribution in [2.24, 2.45) is 5.92 Å². The molecule has 2 nitrogen and oxygen atoms in total. The summed E-state index contributed by atoms with van der Waals surface area (Å²) in [7, 11) is 1.71. The lowest BCUT2D eigenvalue weighted by atomic mass is 9.91. The number of methoxy groups -OCH3 is 1. The molecule has 0 spiro atoms. The highest BCUT2D eigenvalue weighted by atomic mass is 16.5. The topological polar surface area (TPSA) is 26.3 Å². The molecule has 0 aliphatic heterocycles. The number of aldehydes is 1. The molecule has 0 atom stereocenters. The summed E-state index contributed by atoms with van der Waals surface area (Å²) >= 11 is 0. The van der Waals surface area contributed by atoms with Gasteiger partial charge in [0, 0.05) is 13.0 Å². The monoisotopic (exact) mass is 200 g/mol. The second-order valence-corrected chi connectivity index (χ2v) is 4.85. The minimum atomic E-state index is 0.0417. The van der Waals surface area contributed by atoms with Crippen LogP contribution in [0.4, 0.5) is 0 Å². The summed E-state index contributed by atoms with van der Waals surface area (Å²) in [6.07, 6.45) is 7.27. The summed E-state index contributed by atoms with van der Waals surface area (Å²) in [5, 5.41) is 0. The molecule has 1 aliphatic rings. The van der Waals surface area contributed by atoms with Gasteiger partial charge >= 0.3 is 0 Å². The van der Waals surface area contributed by atoms with Gasteiger partial charge in [-0.2, -0.15) is 0 Å². The highest BCUT2D eigenvalue weighted by Gasteiger charge is 2.10. The minimum absolute atomic E-state index is 0.0417. The van der Waals surface area contributed by atoms with Crippen LogP contribution in [0.2, 0.25) is 0 Å². The molecular formula is C12H24O2. The molecule has 0 saturated heterocycles. The normalized spacial score (nSPS) is 18.3. The van der Waals surface area contributed by atoms with Crippen LogP contribution in [0.3, 0.4) is 0 Å². The third kappa shape index (κ3) is 8.24. The Hall–Kier alpha value is -0.370. The fourth-order valence-electron chi connectivity index (χ4n) is 1.27. The van der Waals surface area contributed by atoms with Gasteiger partial charge in [0.1, 0.15) is 6.29 Å². The van der Waals surface area contributed by atoms with Crippen molar-refractivity contribution >= 4 is 6.29 Å². The number of hydrogen-bond acceptors (Lipinski definition) is 2. The molecule has 0 radical (unpaired) electrons. The summed E-state index contributed by atoms with van der Waals surface area (Å²) in [5.41, 5.74) is 0.0417. The van der Waals surface area contributed by atoms with Gasteiger partial charge in [-0.25, -0.2) is 0 Å². The highest BCUT2D eigenvalue weighted by molar-refractivity contribution is 5.53. The zero-order valence-electron chi connectivity index (χ0n) is 10.0. The number of ether oxygens (including phenoxy) is 1. The number of hydrogen-bond donors (Lipinski definition) is 0. The molecular weight excluding hydrogens is 176 g/mol. The predicted molar refractivity (Wildman–Crippen MR) is 59.4 cm³/mol. The molecule has 1 saturated carbocycles. The SMILES string of the molecule is COC(C)(C)C.O=CC1CCCCC1. The number of rotatable bonds is 1. The Kier molecular flexibility index (Phi) is 6.81. The molecule has 0 unspecified atom stereocenters. The van der Waals surface area contributed by atoms with Gasteiger partial charge in [-0.1, -0.05) is 19.3 Å². The predicted octanol–water partition coefficient (Wildman–Crippen LogP) is 3.20. The average molecular weight is 200 g/mol. The van der Waals surface area contributed by atoms with Crippen LogP contribution in [0.15, 0.2) is 0 Å². The molecule has 0 heterocycles. The lowest BCUT2D eigenvalue weighted by Gasteiger charge is -2.14. The molecule has 1 aliphatic carbocycles. The maximum Gasteiger partial charge on any atom is 0.123 e. The van der Waals surface area contributed by atoms with Crippen molar-refractivity contribution in [2.45, 2.75) is 58.5 Å². The second kappa shape index (κ2) is 6.99. The summed E-state index contributed by atoms with van der Waals surface area (Å²) in [6, 6.07) is 0. The molecule has 0 N–H and O–H groups in total. The largest absolute Gasteiger partial charge is 0.379 e. The summed E-state index contributed by atoms with van der Waals surface area (Å²) < 4.78 is 4.94. The molecule has 0 aromatic heterocycles. The van der Waals surface area contributed by atoms with Gasteiger partial charge in [-0.3, -0.25) is 0 Å². The molecule has 1 rings (SSSR count). The van der Waals surface area contributed by atoms with E-state index in [4.69, 9.17) is 4.74 Å². The first-order valence-electron chi connectivity index (χ1n) is 5.50. The van der Waals surface area contributed by atoms with Gasteiger partial charge in [0.15, 0.2) is 0 Å². The molecule has 14 heavy (non-hydrogen) atoms. The number of carbonyl (C=O) groups is 1. The van der Waals surface area contributed by atoms with Crippen molar-refractivity contribution in [1.29, 1.82) is 0 Å². The zero-order chi connectivity index (χ0) is 11.0. The van der Waals surface area contributed by atoms with E-state index in [1.807, 2.05) is 20.8 Å². The fourth-order valence-corrected chi connectivity index (χ4v) is 1.27. The first-order chi connectivity index (χ1) is 6.49. The fraction of sp³-hybridized carbons (Fsp3) is 0.917. The van der Waals surface area contributed by atoms with Crippen LogP contribution in [-0.4, -0.2) is 19.0 Å². The van der Waals surface area contributed by atoms with Crippen LogP contribution in [-0.2, 0) is 9.53 Å². The van der Waals surface area contributed by atoms with E-state index in [1.54, 1.807) is 7.11 Å². The lowest BCUT2D eigenvalue weighted by Crippen LogP contribution is -2.15. The van der Waals surface area contributed by atoms with Crippen molar-refractivity contribution in [3.05, 3.63) is 0 Å². The van der Waals surface area contributed by atoms with Gasteiger partial charge in [-0.05, 0) is 33.6 Å². The Labute approximate surface area is 88.0 Å². The van der Waals surface area contributed by atoms with E-state index in [0.29, 0.717) is 5.92 Å². The van der Waals surface area contributed by atoms with E-state index in [9.17, 15) is 4.79 Å². The molecule has 0 aromatic rings. The Morgan fingerprint density at radius 2 is 1.57 bits per heavy atom. The molecule has 2 heteroatoms. The van der Waals surface area contributed by atoms with E-state index in [2.05, 4.69) is 0 Å². The zero-order valence-corrected chi connectivity index (χ0v) is 10.0. The Morgan fingerprint density at radius 3 is 1.79 bits per heavy atom. The van der Waals surface area contributed by atoms with E-state index in [0.717, 1.165) is 19.1 Å².